The third-order valence-corrected chi connectivity index (χ3v) is 5.09. The van der Waals surface area contributed by atoms with Crippen LogP contribution in [-0.4, -0.2) is 17.7 Å². The molecular weight excluding hydrogens is 298 g/mol. The van der Waals surface area contributed by atoms with Crippen LogP contribution in [0.5, 0.6) is 0 Å². The summed E-state index contributed by atoms with van der Waals surface area (Å²) >= 11 is 0. The smallest absolute Gasteiger partial charge is 0.287 e. The van der Waals surface area contributed by atoms with Gasteiger partial charge in [0.25, 0.3) is 5.91 Å². The maximum absolute atomic E-state index is 12.0. The lowest BCUT2D eigenvalue weighted by Crippen LogP contribution is -2.41. The second kappa shape index (κ2) is 10.3. The summed E-state index contributed by atoms with van der Waals surface area (Å²) in [6.07, 6.45) is 9.96. The van der Waals surface area contributed by atoms with Crippen molar-refractivity contribution in [3.8, 4) is 0 Å². The standard InChI is InChI=1S/C21H31NO2/c1-2-3-4-5-9-12-20(23)21(24)22-19-15-13-18(14-16-19)17-10-7-6-8-11-17/h6-8,10-11,18-19H,2-5,9,12-16H2,1H3,(H,22,24). The lowest BCUT2D eigenvalue weighted by atomic mass is 9.82. The molecule has 1 aromatic carbocycles. The summed E-state index contributed by atoms with van der Waals surface area (Å²) in [4.78, 5) is 23.9. The molecule has 1 aliphatic carbocycles. The van der Waals surface area contributed by atoms with E-state index in [0.717, 1.165) is 44.9 Å². The van der Waals surface area contributed by atoms with Gasteiger partial charge in [0, 0.05) is 12.5 Å². The van der Waals surface area contributed by atoms with Gasteiger partial charge in [0.15, 0.2) is 0 Å². The van der Waals surface area contributed by atoms with Gasteiger partial charge in [-0.2, -0.15) is 0 Å². The number of benzene rings is 1. The molecule has 1 saturated carbocycles. The van der Waals surface area contributed by atoms with Crippen LogP contribution in [0.15, 0.2) is 30.3 Å². The molecule has 3 nitrogen and oxygen atoms in total. The van der Waals surface area contributed by atoms with Gasteiger partial charge < -0.3 is 5.32 Å². The number of Topliss-reactive ketones (excluding diaryl/α,β-unsaturated/α-hetero) is 1. The highest BCUT2D eigenvalue weighted by Crippen LogP contribution is 2.32. The first kappa shape index (κ1) is 18.7. The van der Waals surface area contributed by atoms with Crippen LogP contribution in [0.2, 0.25) is 0 Å². The van der Waals surface area contributed by atoms with Gasteiger partial charge in [0.05, 0.1) is 0 Å². The van der Waals surface area contributed by atoms with Crippen LogP contribution < -0.4 is 5.32 Å². The first-order valence-corrected chi connectivity index (χ1v) is 9.59. The molecule has 0 aromatic heterocycles. The maximum atomic E-state index is 12.0. The summed E-state index contributed by atoms with van der Waals surface area (Å²) in [6.45, 7) is 2.17. The van der Waals surface area contributed by atoms with E-state index in [9.17, 15) is 9.59 Å². The van der Waals surface area contributed by atoms with Crippen molar-refractivity contribution in [3.05, 3.63) is 35.9 Å². The van der Waals surface area contributed by atoms with E-state index in [0.29, 0.717) is 12.3 Å². The predicted molar refractivity (Wildman–Crippen MR) is 98.0 cm³/mol. The summed E-state index contributed by atoms with van der Waals surface area (Å²) < 4.78 is 0. The summed E-state index contributed by atoms with van der Waals surface area (Å²) in [5.41, 5.74) is 1.39. The van der Waals surface area contributed by atoms with Crippen LogP contribution in [-0.2, 0) is 9.59 Å². The molecule has 2 rings (SSSR count). The van der Waals surface area contributed by atoms with Gasteiger partial charge in [-0.3, -0.25) is 9.59 Å². The largest absolute Gasteiger partial charge is 0.347 e. The zero-order valence-electron chi connectivity index (χ0n) is 14.9. The first-order valence-electron chi connectivity index (χ1n) is 9.59. The monoisotopic (exact) mass is 329 g/mol. The Morgan fingerprint density at radius 3 is 2.29 bits per heavy atom. The number of rotatable bonds is 9. The van der Waals surface area contributed by atoms with Crippen LogP contribution in [0.25, 0.3) is 0 Å². The Kier molecular flexibility index (Phi) is 8.00. The molecule has 24 heavy (non-hydrogen) atoms. The fraction of sp³-hybridized carbons (Fsp3) is 0.619. The average Bonchev–Trinajstić information content (AvgIpc) is 2.62. The summed E-state index contributed by atoms with van der Waals surface area (Å²) in [6, 6.07) is 10.8. The van der Waals surface area contributed by atoms with Gasteiger partial charge in [0.2, 0.25) is 5.78 Å². The second-order valence-electron chi connectivity index (χ2n) is 7.02. The van der Waals surface area contributed by atoms with Crippen LogP contribution in [0, 0.1) is 0 Å². The van der Waals surface area contributed by atoms with E-state index in [1.807, 2.05) is 6.07 Å². The zero-order valence-corrected chi connectivity index (χ0v) is 14.9. The van der Waals surface area contributed by atoms with E-state index < -0.39 is 0 Å². The van der Waals surface area contributed by atoms with Crippen LogP contribution in [0.1, 0.15) is 82.6 Å². The molecule has 0 spiro atoms. The Balaban J connectivity index is 1.65. The van der Waals surface area contributed by atoms with E-state index in [4.69, 9.17) is 0 Å². The van der Waals surface area contributed by atoms with Crippen LogP contribution in [0.3, 0.4) is 0 Å². The Morgan fingerprint density at radius 2 is 1.62 bits per heavy atom. The molecule has 1 N–H and O–H groups in total. The van der Waals surface area contributed by atoms with Gasteiger partial charge >= 0.3 is 0 Å². The predicted octanol–water partition coefficient (Wildman–Crippen LogP) is 4.76. The van der Waals surface area contributed by atoms with Crippen molar-refractivity contribution in [2.75, 3.05) is 0 Å². The SMILES string of the molecule is CCCCCCCC(=O)C(=O)NC1CCC(c2ccccc2)CC1. The second-order valence-corrected chi connectivity index (χ2v) is 7.02. The van der Waals surface area contributed by atoms with Gasteiger partial charge in [-0.15, -0.1) is 0 Å². The van der Waals surface area contributed by atoms with E-state index in [1.165, 1.54) is 18.4 Å². The molecule has 0 aliphatic heterocycles. The third kappa shape index (κ3) is 6.10. The highest BCUT2D eigenvalue weighted by Gasteiger charge is 2.25. The normalized spacial score (nSPS) is 20.5. The Labute approximate surface area is 146 Å². The Bertz CT molecular complexity index is 504. The van der Waals surface area contributed by atoms with E-state index in [1.54, 1.807) is 0 Å². The number of carbonyl (C=O) groups excluding carboxylic acids is 2. The summed E-state index contributed by atoms with van der Waals surface area (Å²) in [5.74, 6) is -0.0149. The van der Waals surface area contributed by atoms with Gasteiger partial charge in [-0.05, 0) is 43.6 Å². The Morgan fingerprint density at radius 1 is 0.958 bits per heavy atom. The van der Waals surface area contributed by atoms with Gasteiger partial charge in [-0.1, -0.05) is 62.9 Å². The molecule has 0 bridgehead atoms. The zero-order chi connectivity index (χ0) is 17.2. The number of hydrogen-bond acceptors (Lipinski definition) is 2. The molecule has 3 heteroatoms. The first-order chi connectivity index (χ1) is 11.7. The van der Waals surface area contributed by atoms with Crippen molar-refractivity contribution in [2.45, 2.75) is 83.1 Å². The van der Waals surface area contributed by atoms with Crippen LogP contribution >= 0.6 is 0 Å². The van der Waals surface area contributed by atoms with Gasteiger partial charge in [0.1, 0.15) is 0 Å². The maximum Gasteiger partial charge on any atom is 0.287 e. The van der Waals surface area contributed by atoms with Crippen molar-refractivity contribution in [1.82, 2.24) is 5.32 Å². The number of unbranched alkanes of at least 4 members (excludes halogenated alkanes) is 4. The summed E-state index contributed by atoms with van der Waals surface area (Å²) in [5, 5.41) is 2.95. The highest BCUT2D eigenvalue weighted by molar-refractivity contribution is 6.36. The topological polar surface area (TPSA) is 46.2 Å². The van der Waals surface area contributed by atoms with Crippen molar-refractivity contribution < 1.29 is 9.59 Å². The Hall–Kier alpha value is -1.64. The van der Waals surface area contributed by atoms with Crippen molar-refractivity contribution in [1.29, 1.82) is 0 Å². The number of hydrogen-bond donors (Lipinski definition) is 1. The van der Waals surface area contributed by atoms with E-state index in [-0.39, 0.29) is 17.7 Å². The molecule has 1 fully saturated rings. The average molecular weight is 329 g/mol. The molecule has 0 heterocycles. The molecule has 1 amide bonds. The lowest BCUT2D eigenvalue weighted by molar-refractivity contribution is -0.138. The molecule has 132 valence electrons. The molecule has 1 aliphatic rings. The molecule has 1 aromatic rings. The van der Waals surface area contributed by atoms with E-state index >= 15 is 0 Å². The van der Waals surface area contributed by atoms with E-state index in [2.05, 4.69) is 36.5 Å². The van der Waals surface area contributed by atoms with Crippen molar-refractivity contribution in [2.24, 2.45) is 0 Å². The van der Waals surface area contributed by atoms with Crippen LogP contribution in [0.4, 0.5) is 0 Å². The summed E-state index contributed by atoms with van der Waals surface area (Å²) in [7, 11) is 0. The minimum atomic E-state index is -0.367. The fourth-order valence-electron chi connectivity index (χ4n) is 3.56. The number of carbonyl (C=O) groups is 2. The number of amides is 1. The fourth-order valence-corrected chi connectivity index (χ4v) is 3.56. The van der Waals surface area contributed by atoms with Crippen molar-refractivity contribution >= 4 is 11.7 Å². The minimum absolute atomic E-state index is 0.168. The minimum Gasteiger partial charge on any atom is -0.347 e. The molecule has 0 atom stereocenters. The van der Waals surface area contributed by atoms with Gasteiger partial charge in [-0.25, -0.2) is 0 Å². The number of ketones is 1. The molecule has 0 radical (unpaired) electrons. The molecule has 0 saturated heterocycles. The molecular formula is C21H31NO2. The highest BCUT2D eigenvalue weighted by atomic mass is 16.2. The number of nitrogens with one attached hydrogen (secondary N) is 1. The molecule has 0 unspecified atom stereocenters. The quantitative estimate of drug-likeness (QED) is 0.524. The lowest BCUT2D eigenvalue weighted by Gasteiger charge is -2.29. The third-order valence-electron chi connectivity index (χ3n) is 5.09. The van der Waals surface area contributed by atoms with Crippen molar-refractivity contribution in [3.63, 3.8) is 0 Å².